The number of carbonyl (C=O) groups is 1. The van der Waals surface area contributed by atoms with Crippen LogP contribution in [0.2, 0.25) is 0 Å². The molecule has 1 nitrogen and oxygen atoms in total. The number of allylic oxidation sites excluding steroid dienone is 6. The van der Waals surface area contributed by atoms with Gasteiger partial charge in [-0.15, -0.1) is 0 Å². The van der Waals surface area contributed by atoms with Crippen molar-refractivity contribution in [3.8, 4) is 0 Å². The first-order valence-corrected chi connectivity index (χ1v) is 7.96. The molecule has 0 aliphatic carbocycles. The first-order chi connectivity index (χ1) is 9.42. The molecular weight excluding hydrogens is 244 g/mol. The van der Waals surface area contributed by atoms with E-state index in [1.165, 1.54) is 5.57 Å². The Hall–Kier alpha value is -1.11. The van der Waals surface area contributed by atoms with Gasteiger partial charge in [-0.1, -0.05) is 70.6 Å². The number of rotatable bonds is 9. The molecule has 0 bridgehead atoms. The lowest BCUT2D eigenvalue weighted by Gasteiger charge is -2.17. The molecule has 0 amide bonds. The van der Waals surface area contributed by atoms with Crippen LogP contribution < -0.4 is 0 Å². The molecule has 0 spiro atoms. The average Bonchev–Trinajstić information content (AvgIpc) is 2.44. The van der Waals surface area contributed by atoms with Crippen molar-refractivity contribution in [2.75, 3.05) is 0 Å². The summed E-state index contributed by atoms with van der Waals surface area (Å²) in [6.45, 7) is 12.6. The van der Waals surface area contributed by atoms with Gasteiger partial charge < -0.3 is 0 Å². The van der Waals surface area contributed by atoms with Gasteiger partial charge in [0.25, 0.3) is 0 Å². The topological polar surface area (TPSA) is 17.1 Å². The Labute approximate surface area is 125 Å². The summed E-state index contributed by atoms with van der Waals surface area (Å²) in [5, 5.41) is 0. The molecular formula is C19H32O. The summed E-state index contributed by atoms with van der Waals surface area (Å²) in [6.07, 6.45) is 13.5. The number of hydrogen-bond acceptors (Lipinski definition) is 1. The van der Waals surface area contributed by atoms with Crippen LogP contribution in [0.4, 0.5) is 0 Å². The van der Waals surface area contributed by atoms with Crippen LogP contribution in [0.3, 0.4) is 0 Å². The predicted molar refractivity (Wildman–Crippen MR) is 89.7 cm³/mol. The van der Waals surface area contributed by atoms with Gasteiger partial charge in [0.2, 0.25) is 0 Å². The molecule has 1 heteroatoms. The van der Waals surface area contributed by atoms with Gasteiger partial charge >= 0.3 is 0 Å². The second kappa shape index (κ2) is 10.7. The van der Waals surface area contributed by atoms with Crippen molar-refractivity contribution >= 4 is 5.78 Å². The van der Waals surface area contributed by atoms with Crippen LogP contribution in [0.15, 0.2) is 36.0 Å². The second-order valence-electron chi connectivity index (χ2n) is 5.96. The molecule has 0 N–H and O–H groups in total. The highest BCUT2D eigenvalue weighted by atomic mass is 16.1. The normalized spacial score (nSPS) is 17.6. The summed E-state index contributed by atoms with van der Waals surface area (Å²) >= 11 is 0. The second-order valence-corrected chi connectivity index (χ2v) is 5.96. The smallest absolute Gasteiger partial charge is 0.138 e. The average molecular weight is 276 g/mol. The van der Waals surface area contributed by atoms with Crippen molar-refractivity contribution in [2.24, 2.45) is 17.8 Å². The lowest BCUT2D eigenvalue weighted by atomic mass is 9.87. The maximum Gasteiger partial charge on any atom is 0.138 e. The van der Waals surface area contributed by atoms with E-state index in [2.05, 4.69) is 65.0 Å². The molecule has 0 saturated carbocycles. The van der Waals surface area contributed by atoms with Gasteiger partial charge in [-0.05, 0) is 32.1 Å². The number of hydrogen-bond donors (Lipinski definition) is 0. The van der Waals surface area contributed by atoms with Crippen LogP contribution in [0.5, 0.6) is 0 Å². The van der Waals surface area contributed by atoms with E-state index in [4.69, 9.17) is 0 Å². The minimum atomic E-state index is 0.163. The molecule has 0 aromatic heterocycles. The van der Waals surface area contributed by atoms with Crippen LogP contribution in [-0.2, 0) is 4.79 Å². The van der Waals surface area contributed by atoms with Gasteiger partial charge in [-0.2, -0.15) is 0 Å². The molecule has 0 aromatic rings. The highest BCUT2D eigenvalue weighted by molar-refractivity contribution is 5.82. The minimum Gasteiger partial charge on any atom is -0.299 e. The number of carbonyl (C=O) groups excluding carboxylic acids is 1. The van der Waals surface area contributed by atoms with E-state index >= 15 is 0 Å². The van der Waals surface area contributed by atoms with Crippen molar-refractivity contribution in [1.82, 2.24) is 0 Å². The third-order valence-corrected chi connectivity index (χ3v) is 3.91. The van der Waals surface area contributed by atoms with Gasteiger partial charge in [0.1, 0.15) is 5.78 Å². The highest BCUT2D eigenvalue weighted by Crippen LogP contribution is 2.19. The van der Waals surface area contributed by atoms with Crippen LogP contribution in [-0.4, -0.2) is 5.78 Å². The third-order valence-electron chi connectivity index (χ3n) is 3.91. The lowest BCUT2D eigenvalue weighted by Crippen LogP contribution is -2.20. The van der Waals surface area contributed by atoms with Gasteiger partial charge in [0.15, 0.2) is 0 Å². The zero-order chi connectivity index (χ0) is 15.5. The highest BCUT2D eigenvalue weighted by Gasteiger charge is 2.19. The monoisotopic (exact) mass is 276 g/mol. The number of ketones is 1. The summed E-state index contributed by atoms with van der Waals surface area (Å²) in [7, 11) is 0. The molecule has 0 aliphatic heterocycles. The molecule has 20 heavy (non-hydrogen) atoms. The van der Waals surface area contributed by atoms with Crippen LogP contribution in [0.25, 0.3) is 0 Å². The van der Waals surface area contributed by atoms with Gasteiger partial charge in [-0.25, -0.2) is 0 Å². The Morgan fingerprint density at radius 1 is 1.00 bits per heavy atom. The van der Waals surface area contributed by atoms with Gasteiger partial charge in [0, 0.05) is 11.8 Å². The van der Waals surface area contributed by atoms with E-state index in [-0.39, 0.29) is 11.8 Å². The molecule has 0 rings (SSSR count). The molecule has 0 heterocycles. The fraction of sp³-hybridized carbons (Fsp3) is 0.632. The predicted octanol–water partition coefficient (Wildman–Crippen LogP) is 5.73. The molecule has 3 atom stereocenters. The first kappa shape index (κ1) is 18.9. The molecule has 0 aromatic carbocycles. The Balaban J connectivity index is 4.22. The fourth-order valence-electron chi connectivity index (χ4n) is 2.09. The summed E-state index contributed by atoms with van der Waals surface area (Å²) < 4.78 is 0. The summed E-state index contributed by atoms with van der Waals surface area (Å²) in [6, 6.07) is 0. The summed E-state index contributed by atoms with van der Waals surface area (Å²) in [5.41, 5.74) is 1.38. The quantitative estimate of drug-likeness (QED) is 0.491. The minimum absolute atomic E-state index is 0.163. The van der Waals surface area contributed by atoms with Crippen molar-refractivity contribution < 1.29 is 4.79 Å². The third kappa shape index (κ3) is 8.14. The van der Waals surface area contributed by atoms with E-state index in [0.29, 0.717) is 11.7 Å². The zero-order valence-corrected chi connectivity index (χ0v) is 14.1. The van der Waals surface area contributed by atoms with E-state index in [0.717, 1.165) is 19.3 Å². The standard InChI is InChI=1S/C19H32O/c1-7-15(3)12-10-9-11-13-16(4)14-18(6)19(20)17(5)8-2/h9-13,16-18H,7-8,14H2,1-6H3/b10-9+,13-11+,15-12+/t16-,17+,18-/m1/s1. The van der Waals surface area contributed by atoms with Crippen molar-refractivity contribution in [3.05, 3.63) is 36.0 Å². The Kier molecular flexibility index (Phi) is 10.1. The van der Waals surface area contributed by atoms with E-state index in [1.54, 1.807) is 0 Å². The zero-order valence-electron chi connectivity index (χ0n) is 14.1. The number of Topliss-reactive ketones (excluding diaryl/α,β-unsaturated/α-hetero) is 1. The molecule has 0 aliphatic rings. The Morgan fingerprint density at radius 3 is 2.20 bits per heavy atom. The maximum absolute atomic E-state index is 12.0. The van der Waals surface area contributed by atoms with Crippen LogP contribution in [0.1, 0.15) is 60.8 Å². The van der Waals surface area contributed by atoms with Gasteiger partial charge in [0.05, 0.1) is 0 Å². The fourth-order valence-corrected chi connectivity index (χ4v) is 2.09. The maximum atomic E-state index is 12.0. The molecule has 0 saturated heterocycles. The molecule has 114 valence electrons. The Bertz CT molecular complexity index is 360. The Morgan fingerprint density at radius 2 is 1.65 bits per heavy atom. The summed E-state index contributed by atoms with van der Waals surface area (Å²) in [5.74, 6) is 1.21. The van der Waals surface area contributed by atoms with Crippen molar-refractivity contribution in [3.63, 3.8) is 0 Å². The molecule has 0 radical (unpaired) electrons. The van der Waals surface area contributed by atoms with Gasteiger partial charge in [-0.3, -0.25) is 4.79 Å². The van der Waals surface area contributed by atoms with Crippen LogP contribution in [0, 0.1) is 17.8 Å². The van der Waals surface area contributed by atoms with Crippen molar-refractivity contribution in [1.29, 1.82) is 0 Å². The van der Waals surface area contributed by atoms with Crippen LogP contribution >= 0.6 is 0 Å². The van der Waals surface area contributed by atoms with Crippen molar-refractivity contribution in [2.45, 2.75) is 60.8 Å². The van der Waals surface area contributed by atoms with E-state index in [9.17, 15) is 4.79 Å². The summed E-state index contributed by atoms with van der Waals surface area (Å²) in [4.78, 5) is 12.0. The molecule has 0 unspecified atom stereocenters. The lowest BCUT2D eigenvalue weighted by molar-refractivity contribution is -0.126. The molecule has 0 fully saturated rings. The van der Waals surface area contributed by atoms with E-state index in [1.807, 2.05) is 6.92 Å². The SMILES string of the molecule is CC/C(C)=C/C=C/C=C/[C@@H](C)C[C@@H](C)C(=O)[C@@H](C)CC. The first-order valence-electron chi connectivity index (χ1n) is 7.96. The van der Waals surface area contributed by atoms with E-state index < -0.39 is 0 Å². The largest absolute Gasteiger partial charge is 0.299 e.